The first-order valence-electron chi connectivity index (χ1n) is 19.3. The number of rotatable bonds is 6. The average Bonchev–Trinajstić information content (AvgIpc) is 3.96. The molecular formula is C40H56O10. The zero-order valence-corrected chi connectivity index (χ0v) is 30.6. The van der Waals surface area contributed by atoms with Crippen molar-refractivity contribution < 1.29 is 48.2 Å². The molecule has 16 unspecified atom stereocenters. The summed E-state index contributed by atoms with van der Waals surface area (Å²) in [5, 5.41) is 24.7. The highest BCUT2D eigenvalue weighted by atomic mass is 16.9. The quantitative estimate of drug-likeness (QED) is 0.284. The van der Waals surface area contributed by atoms with E-state index < -0.39 is 47.6 Å². The zero-order valence-electron chi connectivity index (χ0n) is 30.6. The van der Waals surface area contributed by atoms with Crippen LogP contribution < -0.4 is 0 Å². The van der Waals surface area contributed by atoms with Crippen molar-refractivity contribution in [2.75, 3.05) is 13.2 Å². The predicted molar refractivity (Wildman–Crippen MR) is 179 cm³/mol. The normalized spacial score (nSPS) is 59.1. The summed E-state index contributed by atoms with van der Waals surface area (Å²) in [6.45, 7) is 14.1. The van der Waals surface area contributed by atoms with E-state index >= 15 is 0 Å². The maximum absolute atomic E-state index is 12.4. The SMILES string of the molecule is CC1CC=C(C=O)C2(C)CCCC(C)(CC3OC4OC5(O)C(OC(CC6(C)CCCC7(C)C(C=O)=CCC(C)C67)C56CO6)OC4(O)C34CO4)C12. The van der Waals surface area contributed by atoms with Crippen LogP contribution in [0.5, 0.6) is 0 Å². The molecule has 0 radical (unpaired) electrons. The number of allylic oxidation sites excluding steroid dienone is 4. The molecule has 10 heteroatoms. The largest absolute Gasteiger partial charge is 0.361 e. The van der Waals surface area contributed by atoms with E-state index in [4.69, 9.17) is 28.4 Å². The number of fused-ring (bicyclic) bond motifs is 6. The van der Waals surface area contributed by atoms with Gasteiger partial charge in [0, 0.05) is 0 Å². The Labute approximate surface area is 295 Å². The third-order valence-corrected chi connectivity index (χ3v) is 16.1. The monoisotopic (exact) mass is 696 g/mol. The first-order chi connectivity index (χ1) is 23.6. The first kappa shape index (κ1) is 34.3. The fraction of sp³-hybridized carbons (Fsp3) is 0.850. The number of hydrogen-bond acceptors (Lipinski definition) is 10. The molecule has 2 saturated carbocycles. The molecule has 0 aromatic rings. The van der Waals surface area contributed by atoms with Crippen LogP contribution >= 0.6 is 0 Å². The van der Waals surface area contributed by atoms with E-state index in [9.17, 15) is 19.8 Å². The van der Waals surface area contributed by atoms with Crippen molar-refractivity contribution in [2.45, 2.75) is 153 Å². The van der Waals surface area contributed by atoms with Gasteiger partial charge < -0.3 is 38.6 Å². The highest BCUT2D eigenvalue weighted by molar-refractivity contribution is 5.76. The second-order valence-electron chi connectivity index (χ2n) is 19.1. The van der Waals surface area contributed by atoms with Crippen molar-refractivity contribution in [1.29, 1.82) is 0 Å². The van der Waals surface area contributed by atoms with Gasteiger partial charge in [-0.05, 0) is 108 Å². The number of aldehydes is 2. The van der Waals surface area contributed by atoms with Crippen molar-refractivity contribution in [3.63, 3.8) is 0 Å². The second-order valence-corrected chi connectivity index (χ2v) is 19.1. The van der Waals surface area contributed by atoms with Crippen molar-refractivity contribution >= 4 is 12.6 Å². The summed E-state index contributed by atoms with van der Waals surface area (Å²) in [5.41, 5.74) is -1.37. The van der Waals surface area contributed by atoms with E-state index in [-0.39, 0.29) is 46.7 Å². The van der Waals surface area contributed by atoms with E-state index in [1.54, 1.807) is 0 Å². The highest BCUT2D eigenvalue weighted by Gasteiger charge is 2.87. The number of aliphatic hydroxyl groups is 2. The molecule has 276 valence electrons. The van der Waals surface area contributed by atoms with Gasteiger partial charge in [0.1, 0.15) is 12.6 Å². The minimum absolute atomic E-state index is 0.198. The van der Waals surface area contributed by atoms with Gasteiger partial charge >= 0.3 is 0 Å². The topological polar surface area (TPSA) is 137 Å². The van der Waals surface area contributed by atoms with Crippen LogP contribution in [0.25, 0.3) is 0 Å². The third-order valence-electron chi connectivity index (χ3n) is 16.1. The minimum atomic E-state index is -1.99. The van der Waals surface area contributed by atoms with Gasteiger partial charge in [-0.3, -0.25) is 9.59 Å². The van der Waals surface area contributed by atoms with E-state index in [0.717, 1.165) is 75.1 Å². The number of epoxide rings is 2. The van der Waals surface area contributed by atoms with Crippen LogP contribution in [-0.2, 0) is 38.0 Å². The standard InChI is InChI=1S/C40H56O10/c1-23-9-11-25(19-41)35(5)15-7-13-33(3,29(23)35)17-27-37(21-45-37)39(43)31(47-27)49-40(44)32(50-39)48-28(38(40)22-46-38)18-34(4)14-8-16-36(6)26(20-42)12-10-24(2)30(34)36/h11-12,19-20,23-24,27-32,43-44H,7-10,13-18,21-22H2,1-6H3. The van der Waals surface area contributed by atoms with Crippen molar-refractivity contribution in [3.8, 4) is 0 Å². The summed E-state index contributed by atoms with van der Waals surface area (Å²) in [4.78, 5) is 24.4. The minimum Gasteiger partial charge on any atom is -0.361 e. The summed E-state index contributed by atoms with van der Waals surface area (Å²) in [6.07, 6.45) is 11.4. The van der Waals surface area contributed by atoms with Crippen LogP contribution in [0.2, 0.25) is 0 Å². The van der Waals surface area contributed by atoms with Gasteiger partial charge in [0.15, 0.2) is 11.2 Å². The van der Waals surface area contributed by atoms with Gasteiger partial charge in [0.25, 0.3) is 11.6 Å². The van der Waals surface area contributed by atoms with Gasteiger partial charge in [0.05, 0.1) is 25.4 Å². The Morgan fingerprint density at radius 2 is 1.06 bits per heavy atom. The smallest absolute Gasteiger partial charge is 0.255 e. The lowest BCUT2D eigenvalue weighted by Gasteiger charge is -2.57. The molecule has 2 spiro atoms. The summed E-state index contributed by atoms with van der Waals surface area (Å²) in [7, 11) is 0. The fourth-order valence-electron chi connectivity index (χ4n) is 14.0. The molecular weight excluding hydrogens is 640 g/mol. The molecule has 50 heavy (non-hydrogen) atoms. The molecule has 5 saturated heterocycles. The van der Waals surface area contributed by atoms with E-state index in [0.29, 0.717) is 24.7 Å². The fourth-order valence-corrected chi connectivity index (χ4v) is 14.0. The molecule has 9 aliphatic rings. The van der Waals surface area contributed by atoms with Crippen LogP contribution in [0, 0.1) is 45.3 Å². The lowest BCUT2D eigenvalue weighted by atomic mass is 9.47. The molecule has 4 aliphatic carbocycles. The Bertz CT molecular complexity index is 1420. The number of ether oxygens (including phenoxy) is 6. The van der Waals surface area contributed by atoms with E-state index in [1.165, 1.54) is 0 Å². The molecule has 16 atom stereocenters. The number of carbonyl (C=O) groups excluding carboxylic acids is 2. The molecule has 0 aromatic heterocycles. The van der Waals surface area contributed by atoms with Crippen molar-refractivity contribution in [2.24, 2.45) is 45.3 Å². The van der Waals surface area contributed by atoms with Gasteiger partial charge in [0.2, 0.25) is 12.6 Å². The molecule has 5 aliphatic heterocycles. The van der Waals surface area contributed by atoms with Crippen LogP contribution in [0.1, 0.15) is 106 Å². The molecule has 0 aromatic carbocycles. The van der Waals surface area contributed by atoms with Crippen LogP contribution in [-0.4, -0.2) is 83.6 Å². The summed E-state index contributed by atoms with van der Waals surface area (Å²) < 4.78 is 38.4. The highest BCUT2D eigenvalue weighted by Crippen LogP contribution is 2.68. The Hall–Kier alpha value is -1.50. The maximum Gasteiger partial charge on any atom is 0.255 e. The van der Waals surface area contributed by atoms with E-state index in [2.05, 4.69) is 53.7 Å². The van der Waals surface area contributed by atoms with Crippen molar-refractivity contribution in [3.05, 3.63) is 23.3 Å². The van der Waals surface area contributed by atoms with Gasteiger partial charge in [-0.2, -0.15) is 0 Å². The Balaban J connectivity index is 0.979. The summed E-state index contributed by atoms with van der Waals surface area (Å²) in [5.74, 6) is -2.73. The van der Waals surface area contributed by atoms with E-state index in [1.807, 2.05) is 0 Å². The first-order valence-corrected chi connectivity index (χ1v) is 19.3. The lowest BCUT2D eigenvalue weighted by molar-refractivity contribution is -0.478. The Kier molecular flexibility index (Phi) is 7.26. The molecule has 0 bridgehead atoms. The second kappa shape index (κ2) is 10.6. The van der Waals surface area contributed by atoms with Gasteiger partial charge in [-0.25, -0.2) is 0 Å². The van der Waals surface area contributed by atoms with Crippen LogP contribution in [0.3, 0.4) is 0 Å². The lowest BCUT2D eigenvalue weighted by Crippen LogP contribution is -2.68. The van der Waals surface area contributed by atoms with Crippen LogP contribution in [0.4, 0.5) is 0 Å². The maximum atomic E-state index is 12.4. The molecule has 2 N–H and O–H groups in total. The predicted octanol–water partition coefficient (Wildman–Crippen LogP) is 5.13. The Morgan fingerprint density at radius 1 is 0.680 bits per heavy atom. The zero-order chi connectivity index (χ0) is 35.3. The molecule has 10 nitrogen and oxygen atoms in total. The van der Waals surface area contributed by atoms with Crippen LogP contribution in [0.15, 0.2) is 23.3 Å². The Morgan fingerprint density at radius 3 is 1.40 bits per heavy atom. The van der Waals surface area contributed by atoms with Gasteiger partial charge in [-0.15, -0.1) is 0 Å². The van der Waals surface area contributed by atoms with Crippen molar-refractivity contribution in [1.82, 2.24) is 0 Å². The average molecular weight is 697 g/mol. The summed E-state index contributed by atoms with van der Waals surface area (Å²) in [6, 6.07) is 0. The number of hydrogen-bond donors (Lipinski definition) is 2. The molecule has 0 amide bonds. The summed E-state index contributed by atoms with van der Waals surface area (Å²) >= 11 is 0. The molecule has 7 fully saturated rings. The molecule has 9 rings (SSSR count). The third kappa shape index (κ3) is 4.14. The molecule has 5 heterocycles. The number of carbonyl (C=O) groups is 2. The van der Waals surface area contributed by atoms with Gasteiger partial charge in [-0.1, -0.05) is 66.5 Å².